The maximum absolute atomic E-state index is 12.0. The summed E-state index contributed by atoms with van der Waals surface area (Å²) >= 11 is 0. The molecule has 0 aliphatic rings. The number of imidazole rings is 1. The second-order valence-corrected chi connectivity index (χ2v) is 5.49. The number of aryl methyl sites for hydroxylation is 2. The van der Waals surface area contributed by atoms with Crippen molar-refractivity contribution >= 4 is 15.7 Å². The first kappa shape index (κ1) is 12.4. The molecular weight excluding hydrogens is 254 g/mol. The monoisotopic (exact) mass is 267 g/mol. The van der Waals surface area contributed by atoms with Crippen molar-refractivity contribution in [2.24, 2.45) is 7.05 Å². The molecule has 1 aromatic heterocycles. The fourth-order valence-corrected chi connectivity index (χ4v) is 2.53. The molecule has 0 bridgehead atoms. The van der Waals surface area contributed by atoms with Crippen LogP contribution in [0.1, 0.15) is 5.82 Å². The van der Waals surface area contributed by atoms with Crippen LogP contribution in [-0.2, 0) is 17.1 Å². The third-order valence-electron chi connectivity index (χ3n) is 2.51. The van der Waals surface area contributed by atoms with Gasteiger partial charge in [0.2, 0.25) is 0 Å². The number of hydrogen-bond acceptors (Lipinski definition) is 4. The maximum Gasteiger partial charge on any atom is 0.281 e. The van der Waals surface area contributed by atoms with E-state index in [1.165, 1.54) is 18.3 Å². The summed E-state index contributed by atoms with van der Waals surface area (Å²) in [6.07, 6.45) is 1.41. The lowest BCUT2D eigenvalue weighted by molar-refractivity contribution is 0.477. The Labute approximate surface area is 105 Å². The quantitative estimate of drug-likeness (QED) is 0.819. The van der Waals surface area contributed by atoms with Gasteiger partial charge < -0.3 is 9.67 Å². The fraction of sp³-hybridized carbons (Fsp3) is 0.182. The van der Waals surface area contributed by atoms with Crippen LogP contribution in [0.3, 0.4) is 0 Å². The van der Waals surface area contributed by atoms with Crippen LogP contribution in [0.25, 0.3) is 0 Å². The highest BCUT2D eigenvalue weighted by molar-refractivity contribution is 7.92. The molecule has 0 aliphatic carbocycles. The summed E-state index contributed by atoms with van der Waals surface area (Å²) in [5.74, 6) is 0.460. The molecule has 6 nitrogen and oxygen atoms in total. The average Bonchev–Trinajstić information content (AvgIpc) is 2.63. The predicted molar refractivity (Wildman–Crippen MR) is 66.9 cm³/mol. The van der Waals surface area contributed by atoms with Crippen LogP contribution in [0.4, 0.5) is 5.69 Å². The van der Waals surface area contributed by atoms with Gasteiger partial charge in [0.1, 0.15) is 11.6 Å². The highest BCUT2D eigenvalue weighted by atomic mass is 32.2. The summed E-state index contributed by atoms with van der Waals surface area (Å²) in [5, 5.41) is 9.45. The Kier molecular flexibility index (Phi) is 3.00. The molecule has 1 aromatic carbocycles. The number of hydrogen-bond donors (Lipinski definition) is 2. The van der Waals surface area contributed by atoms with Crippen molar-refractivity contribution < 1.29 is 13.5 Å². The van der Waals surface area contributed by atoms with Gasteiger partial charge in [-0.05, 0) is 19.1 Å². The molecule has 0 amide bonds. The number of sulfonamides is 1. The Morgan fingerprint density at radius 2 is 2.00 bits per heavy atom. The number of para-hydroxylation sites is 2. The van der Waals surface area contributed by atoms with E-state index in [9.17, 15) is 13.5 Å². The van der Waals surface area contributed by atoms with E-state index in [-0.39, 0.29) is 16.5 Å². The molecule has 0 unspecified atom stereocenters. The van der Waals surface area contributed by atoms with E-state index in [0.29, 0.717) is 5.82 Å². The molecule has 2 N–H and O–H groups in total. The minimum atomic E-state index is -3.78. The SMILES string of the molecule is Cc1nc(S(=O)(=O)Nc2ccccc2O)cn1C. The highest BCUT2D eigenvalue weighted by Gasteiger charge is 2.19. The van der Waals surface area contributed by atoms with Gasteiger partial charge >= 0.3 is 0 Å². The second-order valence-electron chi connectivity index (χ2n) is 3.86. The van der Waals surface area contributed by atoms with Crippen LogP contribution in [0.5, 0.6) is 5.75 Å². The van der Waals surface area contributed by atoms with E-state index < -0.39 is 10.0 Å². The topological polar surface area (TPSA) is 84.2 Å². The molecule has 0 radical (unpaired) electrons. The number of nitrogens with zero attached hydrogens (tertiary/aromatic N) is 2. The maximum atomic E-state index is 12.0. The van der Waals surface area contributed by atoms with Crippen LogP contribution in [0, 0.1) is 6.92 Å². The van der Waals surface area contributed by atoms with E-state index in [1.54, 1.807) is 30.7 Å². The molecule has 0 aliphatic heterocycles. The lowest BCUT2D eigenvalue weighted by atomic mass is 10.3. The molecule has 1 heterocycles. The summed E-state index contributed by atoms with van der Waals surface area (Å²) in [5.41, 5.74) is 0.126. The number of benzene rings is 1. The predicted octanol–water partition coefficient (Wildman–Crippen LogP) is 1.23. The van der Waals surface area contributed by atoms with Crippen molar-refractivity contribution in [3.63, 3.8) is 0 Å². The lowest BCUT2D eigenvalue weighted by Crippen LogP contribution is -2.13. The Balaban J connectivity index is 2.36. The van der Waals surface area contributed by atoms with Gasteiger partial charge in [-0.2, -0.15) is 8.42 Å². The van der Waals surface area contributed by atoms with Crippen LogP contribution >= 0.6 is 0 Å². The molecule has 96 valence electrons. The molecule has 7 heteroatoms. The van der Waals surface area contributed by atoms with Gasteiger partial charge in [-0.3, -0.25) is 4.72 Å². The third kappa shape index (κ3) is 2.30. The van der Waals surface area contributed by atoms with E-state index >= 15 is 0 Å². The molecule has 0 saturated carbocycles. The van der Waals surface area contributed by atoms with Gasteiger partial charge in [-0.25, -0.2) is 4.98 Å². The zero-order chi connectivity index (χ0) is 13.3. The Bertz CT molecular complexity index is 657. The number of anilines is 1. The van der Waals surface area contributed by atoms with Crippen molar-refractivity contribution in [3.8, 4) is 5.75 Å². The summed E-state index contributed by atoms with van der Waals surface area (Å²) in [4.78, 5) is 3.94. The van der Waals surface area contributed by atoms with Gasteiger partial charge in [0, 0.05) is 13.2 Å². The van der Waals surface area contributed by atoms with Gasteiger partial charge in [0.15, 0.2) is 5.03 Å². The number of phenolic OH excluding ortho intramolecular Hbond substituents is 1. The van der Waals surface area contributed by atoms with E-state index in [0.717, 1.165) is 0 Å². The molecule has 0 saturated heterocycles. The van der Waals surface area contributed by atoms with E-state index in [4.69, 9.17) is 0 Å². The molecular formula is C11H13N3O3S. The van der Waals surface area contributed by atoms with E-state index in [1.807, 2.05) is 0 Å². The highest BCUT2D eigenvalue weighted by Crippen LogP contribution is 2.24. The molecule has 0 spiro atoms. The van der Waals surface area contributed by atoms with Crippen LogP contribution in [-0.4, -0.2) is 23.1 Å². The van der Waals surface area contributed by atoms with Gasteiger partial charge in [-0.15, -0.1) is 0 Å². The number of phenols is 1. The second kappa shape index (κ2) is 4.34. The zero-order valence-corrected chi connectivity index (χ0v) is 10.8. The molecule has 2 rings (SSSR count). The summed E-state index contributed by atoms with van der Waals surface area (Å²) in [7, 11) is -2.07. The first-order valence-corrected chi connectivity index (χ1v) is 6.69. The van der Waals surface area contributed by atoms with Crippen molar-refractivity contribution in [1.82, 2.24) is 9.55 Å². The van der Waals surface area contributed by atoms with Crippen LogP contribution < -0.4 is 4.72 Å². The molecule has 2 aromatic rings. The lowest BCUT2D eigenvalue weighted by Gasteiger charge is -2.06. The summed E-state index contributed by atoms with van der Waals surface area (Å²) in [6, 6.07) is 6.11. The number of aromatic hydroxyl groups is 1. The zero-order valence-electron chi connectivity index (χ0n) is 9.95. The molecule has 0 atom stereocenters. The Hall–Kier alpha value is -2.02. The number of rotatable bonds is 3. The van der Waals surface area contributed by atoms with E-state index in [2.05, 4.69) is 9.71 Å². The van der Waals surface area contributed by atoms with Crippen LogP contribution in [0.15, 0.2) is 35.5 Å². The van der Waals surface area contributed by atoms with Crippen molar-refractivity contribution in [3.05, 3.63) is 36.3 Å². The van der Waals surface area contributed by atoms with Gasteiger partial charge in [0.25, 0.3) is 10.0 Å². The largest absolute Gasteiger partial charge is 0.506 e. The number of nitrogens with one attached hydrogen (secondary N) is 1. The first-order chi connectivity index (χ1) is 8.40. The van der Waals surface area contributed by atoms with Crippen molar-refractivity contribution in [1.29, 1.82) is 0 Å². The third-order valence-corrected chi connectivity index (χ3v) is 3.75. The number of aromatic nitrogens is 2. The molecule has 18 heavy (non-hydrogen) atoms. The van der Waals surface area contributed by atoms with Gasteiger partial charge in [-0.1, -0.05) is 12.1 Å². The van der Waals surface area contributed by atoms with Crippen molar-refractivity contribution in [2.45, 2.75) is 11.9 Å². The minimum absolute atomic E-state index is 0.0780. The Morgan fingerprint density at radius 1 is 1.33 bits per heavy atom. The Morgan fingerprint density at radius 3 is 2.56 bits per heavy atom. The fourth-order valence-electron chi connectivity index (χ4n) is 1.41. The standard InChI is InChI=1S/C11H13N3O3S/c1-8-12-11(7-14(8)2)18(16,17)13-9-5-3-4-6-10(9)15/h3-7,13,15H,1-2H3. The summed E-state index contributed by atoms with van der Waals surface area (Å²) in [6.45, 7) is 1.71. The smallest absolute Gasteiger partial charge is 0.281 e. The van der Waals surface area contributed by atoms with Crippen LogP contribution in [0.2, 0.25) is 0 Å². The van der Waals surface area contributed by atoms with Crippen molar-refractivity contribution in [2.75, 3.05) is 4.72 Å². The normalized spacial score (nSPS) is 11.4. The van der Waals surface area contributed by atoms with Gasteiger partial charge in [0.05, 0.1) is 5.69 Å². The first-order valence-electron chi connectivity index (χ1n) is 5.21. The summed E-state index contributed by atoms with van der Waals surface area (Å²) < 4.78 is 27.9. The average molecular weight is 267 g/mol. The molecule has 0 fully saturated rings. The minimum Gasteiger partial charge on any atom is -0.506 e.